The number of nitrogens with zero attached hydrogens (tertiary/aromatic N) is 2. The number of unbranched alkanes of at least 4 members (excludes halogenated alkanes) is 1. The van der Waals surface area contributed by atoms with Gasteiger partial charge in [0.05, 0.1) is 5.56 Å². The molecule has 172 valence electrons. The predicted molar refractivity (Wildman–Crippen MR) is 118 cm³/mol. The Morgan fingerprint density at radius 2 is 1.69 bits per heavy atom. The molecular formula is C23H27F3N4O2. The highest BCUT2D eigenvalue weighted by Crippen LogP contribution is 2.29. The van der Waals surface area contributed by atoms with Crippen LogP contribution in [-0.2, 0) is 6.18 Å². The van der Waals surface area contributed by atoms with Gasteiger partial charge in [-0.2, -0.15) is 13.2 Å². The first-order chi connectivity index (χ1) is 15.3. The maximum atomic E-state index is 12.9. The van der Waals surface area contributed by atoms with Crippen molar-refractivity contribution in [3.05, 3.63) is 59.7 Å². The van der Waals surface area contributed by atoms with E-state index in [0.717, 1.165) is 30.7 Å². The van der Waals surface area contributed by atoms with Crippen molar-refractivity contribution >= 4 is 23.3 Å². The van der Waals surface area contributed by atoms with Gasteiger partial charge in [-0.25, -0.2) is 4.79 Å². The van der Waals surface area contributed by atoms with Crippen LogP contribution in [0.2, 0.25) is 0 Å². The van der Waals surface area contributed by atoms with Crippen LogP contribution in [0.4, 0.5) is 29.3 Å². The summed E-state index contributed by atoms with van der Waals surface area (Å²) in [4.78, 5) is 28.4. The van der Waals surface area contributed by atoms with Gasteiger partial charge in [-0.1, -0.05) is 19.4 Å². The summed E-state index contributed by atoms with van der Waals surface area (Å²) in [5.74, 6) is -0.605. The minimum atomic E-state index is -4.50. The summed E-state index contributed by atoms with van der Waals surface area (Å²) in [5, 5.41) is 5.55. The Kier molecular flexibility index (Phi) is 7.61. The molecule has 0 atom stereocenters. The van der Waals surface area contributed by atoms with Crippen molar-refractivity contribution in [3.8, 4) is 0 Å². The Hall–Kier alpha value is -3.23. The van der Waals surface area contributed by atoms with E-state index in [-0.39, 0.29) is 11.6 Å². The lowest BCUT2D eigenvalue weighted by Gasteiger charge is -2.36. The van der Waals surface area contributed by atoms with Gasteiger partial charge in [0, 0.05) is 49.7 Å². The summed E-state index contributed by atoms with van der Waals surface area (Å²) in [7, 11) is 0. The lowest BCUT2D eigenvalue weighted by atomic mass is 10.1. The summed E-state index contributed by atoms with van der Waals surface area (Å²) in [6.07, 6.45) is -2.51. The zero-order valence-electron chi connectivity index (χ0n) is 17.9. The molecule has 1 aliphatic rings. The van der Waals surface area contributed by atoms with Crippen molar-refractivity contribution in [2.45, 2.75) is 25.9 Å². The van der Waals surface area contributed by atoms with E-state index in [1.165, 1.54) is 12.1 Å². The van der Waals surface area contributed by atoms with Crippen molar-refractivity contribution < 1.29 is 22.8 Å². The number of nitrogens with one attached hydrogen (secondary N) is 2. The summed E-state index contributed by atoms with van der Waals surface area (Å²) in [6.45, 7) is 5.38. The molecule has 2 aromatic carbocycles. The van der Waals surface area contributed by atoms with Crippen LogP contribution in [0, 0.1) is 0 Å². The number of piperazine rings is 1. The molecule has 1 saturated heterocycles. The van der Waals surface area contributed by atoms with Gasteiger partial charge in [-0.05, 0) is 48.9 Å². The molecule has 9 heteroatoms. The number of amides is 3. The van der Waals surface area contributed by atoms with Crippen LogP contribution >= 0.6 is 0 Å². The Labute approximate surface area is 185 Å². The van der Waals surface area contributed by atoms with E-state index >= 15 is 0 Å². The van der Waals surface area contributed by atoms with Gasteiger partial charge in [0.25, 0.3) is 5.91 Å². The third-order valence-electron chi connectivity index (χ3n) is 5.32. The minimum absolute atomic E-state index is 0.0363. The molecule has 0 saturated carbocycles. The lowest BCUT2D eigenvalue weighted by molar-refractivity contribution is -0.137. The first-order valence-corrected chi connectivity index (χ1v) is 10.6. The first-order valence-electron chi connectivity index (χ1n) is 10.6. The molecule has 0 bridgehead atoms. The third-order valence-corrected chi connectivity index (χ3v) is 5.32. The van der Waals surface area contributed by atoms with Crippen molar-refractivity contribution in [2.24, 2.45) is 0 Å². The summed E-state index contributed by atoms with van der Waals surface area (Å²) >= 11 is 0. The number of rotatable bonds is 6. The van der Waals surface area contributed by atoms with E-state index in [1.807, 2.05) is 12.1 Å². The molecular weight excluding hydrogens is 421 g/mol. The van der Waals surface area contributed by atoms with Crippen molar-refractivity contribution in [1.29, 1.82) is 0 Å². The first kappa shape index (κ1) is 23.4. The largest absolute Gasteiger partial charge is 0.416 e. The molecule has 0 radical (unpaired) electrons. The second-order valence-corrected chi connectivity index (χ2v) is 7.64. The Morgan fingerprint density at radius 1 is 1.00 bits per heavy atom. The molecule has 2 aromatic rings. The predicted octanol–water partition coefficient (Wildman–Crippen LogP) is 4.59. The zero-order valence-corrected chi connectivity index (χ0v) is 17.9. The van der Waals surface area contributed by atoms with Crippen molar-refractivity contribution in [1.82, 2.24) is 10.2 Å². The fraction of sp³-hybridized carbons (Fsp3) is 0.391. The van der Waals surface area contributed by atoms with E-state index in [1.54, 1.807) is 17.0 Å². The van der Waals surface area contributed by atoms with Crippen LogP contribution in [0.15, 0.2) is 48.5 Å². The Balaban J connectivity index is 1.54. The highest BCUT2D eigenvalue weighted by molar-refractivity contribution is 6.04. The maximum absolute atomic E-state index is 12.9. The smallest absolute Gasteiger partial charge is 0.368 e. The van der Waals surface area contributed by atoms with E-state index in [4.69, 9.17) is 0 Å². The second-order valence-electron chi connectivity index (χ2n) is 7.64. The topological polar surface area (TPSA) is 64.7 Å². The van der Waals surface area contributed by atoms with Crippen LogP contribution in [0.5, 0.6) is 0 Å². The van der Waals surface area contributed by atoms with Gasteiger partial charge in [0.2, 0.25) is 0 Å². The number of benzene rings is 2. The number of hydrogen-bond donors (Lipinski definition) is 2. The number of carbonyl (C=O) groups is 2. The van der Waals surface area contributed by atoms with E-state index < -0.39 is 17.6 Å². The molecule has 0 spiro atoms. The fourth-order valence-corrected chi connectivity index (χ4v) is 3.45. The molecule has 32 heavy (non-hydrogen) atoms. The van der Waals surface area contributed by atoms with E-state index in [0.29, 0.717) is 38.4 Å². The number of carbonyl (C=O) groups excluding carboxylic acids is 2. The van der Waals surface area contributed by atoms with Crippen molar-refractivity contribution in [2.75, 3.05) is 42.9 Å². The van der Waals surface area contributed by atoms with Gasteiger partial charge in [0.15, 0.2) is 0 Å². The number of alkyl halides is 3. The van der Waals surface area contributed by atoms with E-state index in [9.17, 15) is 22.8 Å². The quantitative estimate of drug-likeness (QED) is 0.636. The highest BCUT2D eigenvalue weighted by Gasteiger charge is 2.31. The van der Waals surface area contributed by atoms with Gasteiger partial charge in [0.1, 0.15) is 0 Å². The van der Waals surface area contributed by atoms with Crippen LogP contribution in [0.3, 0.4) is 0 Å². The monoisotopic (exact) mass is 448 g/mol. The molecule has 1 heterocycles. The average Bonchev–Trinajstić information content (AvgIpc) is 2.79. The molecule has 1 aliphatic heterocycles. The van der Waals surface area contributed by atoms with Crippen LogP contribution in [0.25, 0.3) is 0 Å². The van der Waals surface area contributed by atoms with Crippen LogP contribution in [-0.4, -0.2) is 49.6 Å². The Bertz CT molecular complexity index is 924. The van der Waals surface area contributed by atoms with E-state index in [2.05, 4.69) is 22.5 Å². The molecule has 3 amide bonds. The summed E-state index contributed by atoms with van der Waals surface area (Å²) < 4.78 is 38.6. The number of urea groups is 1. The van der Waals surface area contributed by atoms with Gasteiger partial charge in [-0.3, -0.25) is 4.79 Å². The van der Waals surface area contributed by atoms with Crippen molar-refractivity contribution in [3.63, 3.8) is 0 Å². The van der Waals surface area contributed by atoms with Crippen LogP contribution in [0.1, 0.15) is 35.7 Å². The maximum Gasteiger partial charge on any atom is 0.416 e. The number of halogens is 3. The Morgan fingerprint density at radius 3 is 2.31 bits per heavy atom. The zero-order chi connectivity index (χ0) is 23.1. The molecule has 2 N–H and O–H groups in total. The molecule has 1 fully saturated rings. The lowest BCUT2D eigenvalue weighted by Crippen LogP contribution is -2.52. The second kappa shape index (κ2) is 10.4. The highest BCUT2D eigenvalue weighted by atomic mass is 19.4. The SMILES string of the molecule is CCCCNC(=O)N1CCN(c2ccc(NC(=O)c3cccc(C(F)(F)F)c3)cc2)CC1. The molecule has 6 nitrogen and oxygen atoms in total. The molecule has 0 unspecified atom stereocenters. The normalized spacial score (nSPS) is 14.2. The molecule has 3 rings (SSSR count). The van der Waals surface area contributed by atoms with Gasteiger partial charge >= 0.3 is 12.2 Å². The van der Waals surface area contributed by atoms with Gasteiger partial charge in [-0.15, -0.1) is 0 Å². The number of hydrogen-bond acceptors (Lipinski definition) is 3. The number of anilines is 2. The average molecular weight is 448 g/mol. The third kappa shape index (κ3) is 6.15. The minimum Gasteiger partial charge on any atom is -0.368 e. The van der Waals surface area contributed by atoms with Gasteiger partial charge < -0.3 is 20.4 Å². The molecule has 0 aromatic heterocycles. The summed E-state index contributed by atoms with van der Waals surface area (Å²) in [6, 6.07) is 11.4. The molecule has 0 aliphatic carbocycles. The summed E-state index contributed by atoms with van der Waals surface area (Å²) in [5.41, 5.74) is 0.522. The standard InChI is InChI=1S/C23H27F3N4O2/c1-2-3-11-27-22(32)30-14-12-29(13-15-30)20-9-7-19(8-10-20)28-21(31)17-5-4-6-18(16-17)23(24,25)26/h4-10,16H,2-3,11-15H2,1H3,(H,27,32)(H,28,31). The fourth-order valence-electron chi connectivity index (χ4n) is 3.45. The van der Waals surface area contributed by atoms with Crippen LogP contribution < -0.4 is 15.5 Å².